The van der Waals surface area contributed by atoms with Crippen LogP contribution in [0, 0.1) is 0 Å². The highest BCUT2D eigenvalue weighted by atomic mass is 14.9. The molecule has 0 spiro atoms. The molecule has 0 saturated carbocycles. The SMILES string of the molecule is Cn1ccc(CCNC(C)(C)C)c1. The lowest BCUT2D eigenvalue weighted by Gasteiger charge is -2.20. The number of rotatable bonds is 3. The third-order valence-corrected chi connectivity index (χ3v) is 1.96. The van der Waals surface area contributed by atoms with Crippen LogP contribution in [-0.2, 0) is 13.5 Å². The van der Waals surface area contributed by atoms with Gasteiger partial charge in [0.2, 0.25) is 0 Å². The molecule has 1 rings (SSSR count). The summed E-state index contributed by atoms with van der Waals surface area (Å²) in [6, 6.07) is 2.17. The van der Waals surface area contributed by atoms with E-state index in [1.807, 2.05) is 0 Å². The van der Waals surface area contributed by atoms with Gasteiger partial charge < -0.3 is 9.88 Å². The third kappa shape index (κ3) is 4.13. The number of aryl methyl sites for hydroxylation is 1. The number of nitrogens with zero attached hydrogens (tertiary/aromatic N) is 1. The molecule has 1 N–H and O–H groups in total. The van der Waals surface area contributed by atoms with E-state index in [4.69, 9.17) is 0 Å². The van der Waals surface area contributed by atoms with Crippen molar-refractivity contribution < 1.29 is 0 Å². The van der Waals surface area contributed by atoms with Crippen LogP contribution in [0.25, 0.3) is 0 Å². The molecule has 1 aromatic heterocycles. The van der Waals surface area contributed by atoms with Gasteiger partial charge in [-0.15, -0.1) is 0 Å². The van der Waals surface area contributed by atoms with Crippen LogP contribution in [0.5, 0.6) is 0 Å². The summed E-state index contributed by atoms with van der Waals surface area (Å²) in [6.45, 7) is 7.63. The Morgan fingerprint density at radius 3 is 2.54 bits per heavy atom. The molecule has 13 heavy (non-hydrogen) atoms. The average Bonchev–Trinajstić information content (AvgIpc) is 2.33. The summed E-state index contributed by atoms with van der Waals surface area (Å²) in [5.41, 5.74) is 1.63. The van der Waals surface area contributed by atoms with Crippen molar-refractivity contribution in [2.75, 3.05) is 6.54 Å². The number of aromatic nitrogens is 1. The molecule has 0 aliphatic heterocycles. The van der Waals surface area contributed by atoms with Gasteiger partial charge >= 0.3 is 0 Å². The van der Waals surface area contributed by atoms with Crippen molar-refractivity contribution in [3.8, 4) is 0 Å². The topological polar surface area (TPSA) is 17.0 Å². The molecular formula is C11H20N2. The van der Waals surface area contributed by atoms with E-state index in [0.717, 1.165) is 13.0 Å². The first-order valence-electron chi connectivity index (χ1n) is 4.83. The summed E-state index contributed by atoms with van der Waals surface area (Å²) in [7, 11) is 2.06. The molecule has 74 valence electrons. The first-order valence-corrected chi connectivity index (χ1v) is 4.83. The van der Waals surface area contributed by atoms with Gasteiger partial charge in [0.05, 0.1) is 0 Å². The molecule has 0 saturated heterocycles. The molecule has 0 fully saturated rings. The number of nitrogens with one attached hydrogen (secondary N) is 1. The second-order valence-corrected chi connectivity index (χ2v) is 4.61. The van der Waals surface area contributed by atoms with Gasteiger partial charge in [-0.05, 0) is 45.4 Å². The van der Waals surface area contributed by atoms with Crippen molar-refractivity contribution in [1.82, 2.24) is 9.88 Å². The first kappa shape index (κ1) is 10.3. The molecule has 2 heteroatoms. The van der Waals surface area contributed by atoms with E-state index in [1.165, 1.54) is 5.56 Å². The van der Waals surface area contributed by atoms with Gasteiger partial charge in [0.25, 0.3) is 0 Å². The number of hydrogen-bond donors (Lipinski definition) is 1. The molecule has 0 aromatic carbocycles. The van der Waals surface area contributed by atoms with Crippen LogP contribution in [-0.4, -0.2) is 16.7 Å². The molecule has 0 unspecified atom stereocenters. The fraction of sp³-hybridized carbons (Fsp3) is 0.636. The average molecular weight is 180 g/mol. The minimum absolute atomic E-state index is 0.231. The van der Waals surface area contributed by atoms with Crippen LogP contribution in [0.4, 0.5) is 0 Å². The van der Waals surface area contributed by atoms with Crippen molar-refractivity contribution >= 4 is 0 Å². The Balaban J connectivity index is 2.28. The van der Waals surface area contributed by atoms with E-state index in [2.05, 4.69) is 56.2 Å². The van der Waals surface area contributed by atoms with Gasteiger partial charge in [0, 0.05) is 25.0 Å². The Morgan fingerprint density at radius 2 is 2.08 bits per heavy atom. The summed E-state index contributed by atoms with van der Waals surface area (Å²) in [4.78, 5) is 0. The van der Waals surface area contributed by atoms with Crippen molar-refractivity contribution in [2.45, 2.75) is 32.7 Å². The minimum Gasteiger partial charge on any atom is -0.357 e. The van der Waals surface area contributed by atoms with Gasteiger partial charge in [0.1, 0.15) is 0 Å². The van der Waals surface area contributed by atoms with Gasteiger partial charge in [-0.25, -0.2) is 0 Å². The van der Waals surface area contributed by atoms with Gasteiger partial charge in [-0.1, -0.05) is 0 Å². The Morgan fingerprint density at radius 1 is 1.38 bits per heavy atom. The Hall–Kier alpha value is -0.760. The van der Waals surface area contributed by atoms with Gasteiger partial charge in [-0.3, -0.25) is 0 Å². The second-order valence-electron chi connectivity index (χ2n) is 4.61. The third-order valence-electron chi connectivity index (χ3n) is 1.96. The van der Waals surface area contributed by atoms with Crippen molar-refractivity contribution in [3.05, 3.63) is 24.0 Å². The fourth-order valence-electron chi connectivity index (χ4n) is 1.29. The van der Waals surface area contributed by atoms with Gasteiger partial charge in [0.15, 0.2) is 0 Å². The molecule has 1 aromatic rings. The maximum absolute atomic E-state index is 3.47. The van der Waals surface area contributed by atoms with Crippen molar-refractivity contribution in [1.29, 1.82) is 0 Å². The molecular weight excluding hydrogens is 160 g/mol. The highest BCUT2D eigenvalue weighted by Crippen LogP contribution is 2.02. The Bertz CT molecular complexity index is 255. The zero-order valence-corrected chi connectivity index (χ0v) is 9.09. The second kappa shape index (κ2) is 3.97. The quantitative estimate of drug-likeness (QED) is 0.752. The molecule has 0 amide bonds. The summed E-state index contributed by atoms with van der Waals surface area (Å²) >= 11 is 0. The summed E-state index contributed by atoms with van der Waals surface area (Å²) < 4.78 is 2.09. The van der Waals surface area contributed by atoms with E-state index < -0.39 is 0 Å². The molecule has 0 bridgehead atoms. The smallest absolute Gasteiger partial charge is 0.0106 e. The highest BCUT2D eigenvalue weighted by molar-refractivity contribution is 5.10. The van der Waals surface area contributed by atoms with Crippen LogP contribution >= 0.6 is 0 Å². The van der Waals surface area contributed by atoms with Crippen molar-refractivity contribution in [2.24, 2.45) is 7.05 Å². The largest absolute Gasteiger partial charge is 0.357 e. The maximum atomic E-state index is 3.47. The van der Waals surface area contributed by atoms with Crippen LogP contribution in [0.15, 0.2) is 18.5 Å². The van der Waals surface area contributed by atoms with Crippen molar-refractivity contribution in [3.63, 3.8) is 0 Å². The minimum atomic E-state index is 0.231. The zero-order valence-electron chi connectivity index (χ0n) is 9.09. The molecule has 0 radical (unpaired) electrons. The Kier molecular flexibility index (Phi) is 3.15. The van der Waals surface area contributed by atoms with E-state index in [-0.39, 0.29) is 5.54 Å². The number of hydrogen-bond acceptors (Lipinski definition) is 1. The molecule has 0 aliphatic carbocycles. The van der Waals surface area contributed by atoms with E-state index >= 15 is 0 Å². The van der Waals surface area contributed by atoms with Crippen LogP contribution in [0.2, 0.25) is 0 Å². The lowest BCUT2D eigenvalue weighted by atomic mass is 10.1. The lowest BCUT2D eigenvalue weighted by Crippen LogP contribution is -2.37. The monoisotopic (exact) mass is 180 g/mol. The van der Waals surface area contributed by atoms with E-state index in [1.54, 1.807) is 0 Å². The predicted octanol–water partition coefficient (Wildman–Crippen LogP) is 1.96. The van der Waals surface area contributed by atoms with Crippen LogP contribution in [0.3, 0.4) is 0 Å². The molecule has 1 heterocycles. The van der Waals surface area contributed by atoms with Gasteiger partial charge in [-0.2, -0.15) is 0 Å². The normalized spacial score (nSPS) is 12.0. The fourth-order valence-corrected chi connectivity index (χ4v) is 1.29. The standard InChI is InChI=1S/C11H20N2/c1-11(2,3)12-7-5-10-6-8-13(4)9-10/h6,8-9,12H,5,7H2,1-4H3. The molecule has 0 atom stereocenters. The Labute approximate surface area is 81.0 Å². The first-order chi connectivity index (χ1) is 5.97. The van der Waals surface area contributed by atoms with E-state index in [9.17, 15) is 0 Å². The highest BCUT2D eigenvalue weighted by Gasteiger charge is 2.07. The van der Waals surface area contributed by atoms with Crippen LogP contribution in [0.1, 0.15) is 26.3 Å². The predicted molar refractivity (Wildman–Crippen MR) is 56.9 cm³/mol. The van der Waals surface area contributed by atoms with Crippen LogP contribution < -0.4 is 5.32 Å². The summed E-state index contributed by atoms with van der Waals surface area (Å²) in [6.07, 6.45) is 5.37. The molecule has 0 aliphatic rings. The maximum Gasteiger partial charge on any atom is 0.0106 e. The lowest BCUT2D eigenvalue weighted by molar-refractivity contribution is 0.429. The summed E-state index contributed by atoms with van der Waals surface area (Å²) in [5, 5.41) is 3.47. The summed E-state index contributed by atoms with van der Waals surface area (Å²) in [5.74, 6) is 0. The zero-order chi connectivity index (χ0) is 9.90. The molecule has 2 nitrogen and oxygen atoms in total. The van der Waals surface area contributed by atoms with E-state index in [0.29, 0.717) is 0 Å².